The number of hydrogen-bond acceptors (Lipinski definition) is 4. The fourth-order valence-electron chi connectivity index (χ4n) is 2.23. The summed E-state index contributed by atoms with van der Waals surface area (Å²) >= 11 is 1.27. The van der Waals surface area contributed by atoms with Gasteiger partial charge in [-0.1, -0.05) is 6.92 Å². The van der Waals surface area contributed by atoms with Gasteiger partial charge in [0.1, 0.15) is 0 Å². The zero-order valence-corrected chi connectivity index (χ0v) is 11.3. The molecule has 100 valence electrons. The molecule has 0 spiro atoms. The second-order valence-electron chi connectivity index (χ2n) is 4.51. The molecule has 0 aromatic carbocycles. The summed E-state index contributed by atoms with van der Waals surface area (Å²) in [6.07, 6.45) is 1.90. The number of nitrogens with zero attached hydrogens (tertiary/aromatic N) is 2. The van der Waals surface area contributed by atoms with E-state index in [1.807, 2.05) is 13.0 Å². The lowest BCUT2D eigenvalue weighted by atomic mass is 9.77. The summed E-state index contributed by atoms with van der Waals surface area (Å²) in [7, 11) is 0. The number of thioether (sulfide) groups is 1. The molecule has 1 amide bonds. The standard InChI is InChI=1S/C12H18N2O3S/c1-2-12(11(16)17)4-3-6-14(9-12)10(15)8-18-7-5-13/h2-4,6-9H2,1H3,(H,16,17). The number of rotatable bonds is 5. The molecule has 1 aliphatic heterocycles. The SMILES string of the molecule is CCC1(C(=O)O)CCCN(C(=O)CSCC#N)C1. The molecule has 18 heavy (non-hydrogen) atoms. The molecule has 1 atom stereocenters. The average Bonchev–Trinajstić information content (AvgIpc) is 2.38. The molecule has 1 saturated heterocycles. The normalized spacial score (nSPS) is 23.4. The van der Waals surface area contributed by atoms with Gasteiger partial charge in [-0.2, -0.15) is 5.26 Å². The number of piperidine rings is 1. The second-order valence-corrected chi connectivity index (χ2v) is 5.49. The minimum absolute atomic E-state index is 0.0611. The Bertz CT molecular complexity index is 367. The Labute approximate surface area is 111 Å². The van der Waals surface area contributed by atoms with Crippen LogP contribution in [-0.2, 0) is 9.59 Å². The number of likely N-dealkylation sites (tertiary alicyclic amines) is 1. The Kier molecular flexibility index (Phi) is 5.48. The zero-order chi connectivity index (χ0) is 13.6. The van der Waals surface area contributed by atoms with E-state index >= 15 is 0 Å². The first-order chi connectivity index (χ1) is 8.55. The molecule has 0 aromatic heterocycles. The van der Waals surface area contributed by atoms with Crippen LogP contribution in [0.25, 0.3) is 0 Å². The van der Waals surface area contributed by atoms with E-state index in [0.29, 0.717) is 25.9 Å². The van der Waals surface area contributed by atoms with E-state index < -0.39 is 11.4 Å². The maximum atomic E-state index is 11.9. The van der Waals surface area contributed by atoms with Gasteiger partial charge in [0.25, 0.3) is 0 Å². The van der Waals surface area contributed by atoms with Crippen LogP contribution in [0.2, 0.25) is 0 Å². The van der Waals surface area contributed by atoms with Crippen LogP contribution in [0.15, 0.2) is 0 Å². The Morgan fingerprint density at radius 2 is 2.28 bits per heavy atom. The molecule has 0 bridgehead atoms. The Morgan fingerprint density at radius 3 is 2.83 bits per heavy atom. The molecular weight excluding hydrogens is 252 g/mol. The molecule has 1 fully saturated rings. The highest BCUT2D eigenvalue weighted by molar-refractivity contribution is 8.00. The minimum atomic E-state index is -0.813. The van der Waals surface area contributed by atoms with Gasteiger partial charge in [-0.3, -0.25) is 9.59 Å². The molecule has 0 aliphatic carbocycles. The van der Waals surface area contributed by atoms with Gasteiger partial charge in [0, 0.05) is 13.1 Å². The van der Waals surface area contributed by atoms with Gasteiger partial charge < -0.3 is 10.0 Å². The van der Waals surface area contributed by atoms with E-state index in [0.717, 1.165) is 6.42 Å². The van der Waals surface area contributed by atoms with Crippen molar-refractivity contribution in [3.63, 3.8) is 0 Å². The highest BCUT2D eigenvalue weighted by Gasteiger charge is 2.41. The molecule has 0 radical (unpaired) electrons. The maximum Gasteiger partial charge on any atom is 0.311 e. The Morgan fingerprint density at radius 1 is 1.56 bits per heavy atom. The summed E-state index contributed by atoms with van der Waals surface area (Å²) in [5.41, 5.74) is -0.784. The van der Waals surface area contributed by atoms with Crippen LogP contribution in [-0.4, -0.2) is 46.5 Å². The number of nitriles is 1. The van der Waals surface area contributed by atoms with Crippen LogP contribution in [0.1, 0.15) is 26.2 Å². The summed E-state index contributed by atoms with van der Waals surface area (Å²) in [6, 6.07) is 1.97. The van der Waals surface area contributed by atoms with Gasteiger partial charge in [0.15, 0.2) is 0 Å². The van der Waals surface area contributed by atoms with Crippen molar-refractivity contribution in [2.24, 2.45) is 5.41 Å². The summed E-state index contributed by atoms with van der Waals surface area (Å²) in [5, 5.41) is 17.7. The Hall–Kier alpha value is -1.22. The van der Waals surface area contributed by atoms with Crippen molar-refractivity contribution in [3.05, 3.63) is 0 Å². The first-order valence-electron chi connectivity index (χ1n) is 6.01. The lowest BCUT2D eigenvalue weighted by Crippen LogP contribution is -2.50. The average molecular weight is 270 g/mol. The van der Waals surface area contributed by atoms with E-state index in [9.17, 15) is 14.7 Å². The molecule has 6 heteroatoms. The third-order valence-electron chi connectivity index (χ3n) is 3.45. The highest BCUT2D eigenvalue weighted by atomic mass is 32.2. The summed E-state index contributed by atoms with van der Waals surface area (Å²) in [4.78, 5) is 24.9. The Balaban J connectivity index is 2.60. The van der Waals surface area contributed by atoms with E-state index in [4.69, 9.17) is 5.26 Å². The fourth-order valence-corrected chi connectivity index (χ4v) is 2.78. The second kappa shape index (κ2) is 6.64. The quantitative estimate of drug-likeness (QED) is 0.762. The fraction of sp³-hybridized carbons (Fsp3) is 0.750. The van der Waals surface area contributed by atoms with Crippen LogP contribution in [0, 0.1) is 16.7 Å². The van der Waals surface area contributed by atoms with Crippen LogP contribution < -0.4 is 0 Å². The number of amides is 1. The van der Waals surface area contributed by atoms with E-state index in [-0.39, 0.29) is 17.4 Å². The number of carboxylic acid groups (broad SMARTS) is 1. The lowest BCUT2D eigenvalue weighted by Gasteiger charge is -2.39. The van der Waals surface area contributed by atoms with Gasteiger partial charge in [0.2, 0.25) is 5.91 Å². The van der Waals surface area contributed by atoms with E-state index in [1.54, 1.807) is 4.90 Å². The van der Waals surface area contributed by atoms with Crippen molar-refractivity contribution in [1.29, 1.82) is 5.26 Å². The maximum absolute atomic E-state index is 11.9. The zero-order valence-electron chi connectivity index (χ0n) is 10.5. The van der Waals surface area contributed by atoms with Crippen LogP contribution in [0.3, 0.4) is 0 Å². The molecule has 1 aliphatic rings. The van der Waals surface area contributed by atoms with Crippen LogP contribution in [0.5, 0.6) is 0 Å². The predicted octanol–water partition coefficient (Wildman–Crippen LogP) is 1.35. The highest BCUT2D eigenvalue weighted by Crippen LogP contribution is 2.33. The third kappa shape index (κ3) is 3.39. The minimum Gasteiger partial charge on any atom is -0.481 e. The van der Waals surface area contributed by atoms with Crippen molar-refractivity contribution in [2.45, 2.75) is 26.2 Å². The lowest BCUT2D eigenvalue weighted by molar-refractivity contribution is -0.154. The molecule has 1 rings (SSSR count). The summed E-state index contributed by atoms with van der Waals surface area (Å²) in [6.45, 7) is 2.78. The van der Waals surface area contributed by atoms with Crippen molar-refractivity contribution in [1.82, 2.24) is 4.90 Å². The van der Waals surface area contributed by atoms with Gasteiger partial charge in [-0.25, -0.2) is 0 Å². The van der Waals surface area contributed by atoms with Crippen molar-refractivity contribution in [3.8, 4) is 6.07 Å². The topological polar surface area (TPSA) is 81.4 Å². The van der Waals surface area contributed by atoms with Crippen molar-refractivity contribution < 1.29 is 14.7 Å². The number of hydrogen-bond donors (Lipinski definition) is 1. The van der Waals surface area contributed by atoms with Gasteiger partial charge >= 0.3 is 5.97 Å². The molecule has 1 unspecified atom stereocenters. The summed E-state index contributed by atoms with van der Waals surface area (Å²) in [5.74, 6) is -0.328. The third-order valence-corrected chi connectivity index (χ3v) is 4.24. The van der Waals surface area contributed by atoms with E-state index in [2.05, 4.69) is 0 Å². The summed E-state index contributed by atoms with van der Waals surface area (Å²) < 4.78 is 0. The molecule has 0 aromatic rings. The van der Waals surface area contributed by atoms with Crippen LogP contribution >= 0.6 is 11.8 Å². The number of carboxylic acids is 1. The van der Waals surface area contributed by atoms with Crippen molar-refractivity contribution >= 4 is 23.6 Å². The smallest absolute Gasteiger partial charge is 0.311 e. The van der Waals surface area contributed by atoms with Crippen molar-refractivity contribution in [2.75, 3.05) is 24.6 Å². The molecule has 5 nitrogen and oxygen atoms in total. The van der Waals surface area contributed by atoms with Gasteiger partial charge in [-0.15, -0.1) is 11.8 Å². The van der Waals surface area contributed by atoms with Gasteiger partial charge in [0.05, 0.1) is 23.0 Å². The predicted molar refractivity (Wildman–Crippen MR) is 69.1 cm³/mol. The molecule has 0 saturated carbocycles. The van der Waals surface area contributed by atoms with Crippen LogP contribution in [0.4, 0.5) is 0 Å². The molecular formula is C12H18N2O3S. The number of carbonyl (C=O) groups excluding carboxylic acids is 1. The largest absolute Gasteiger partial charge is 0.481 e. The molecule has 1 N–H and O–H groups in total. The first kappa shape index (κ1) is 14.8. The van der Waals surface area contributed by atoms with Gasteiger partial charge in [-0.05, 0) is 19.3 Å². The van der Waals surface area contributed by atoms with E-state index in [1.165, 1.54) is 11.8 Å². The first-order valence-corrected chi connectivity index (χ1v) is 7.17. The number of aliphatic carboxylic acids is 1. The monoisotopic (exact) mass is 270 g/mol. The molecule has 1 heterocycles. The number of carbonyl (C=O) groups is 2.